The average Bonchev–Trinajstić information content (AvgIpc) is 1.61. The van der Waals surface area contributed by atoms with Gasteiger partial charge in [0.05, 0.1) is 0 Å². The summed E-state index contributed by atoms with van der Waals surface area (Å²) in [6.07, 6.45) is -0.721. The average molecular weight is 215 g/mol. The molecule has 0 heterocycles. The van der Waals surface area contributed by atoms with Crippen LogP contribution in [0.1, 0.15) is 0 Å². The highest BCUT2D eigenvalue weighted by Gasteiger charge is 1.81. The van der Waals surface area contributed by atoms with Crippen molar-refractivity contribution in [2.24, 2.45) is 5.73 Å². The van der Waals surface area contributed by atoms with E-state index in [-0.39, 0.29) is 20.7 Å². The van der Waals surface area contributed by atoms with E-state index < -0.39 is 6.09 Å². The molecule has 0 saturated carbocycles. The molecule has 0 unspecified atom stereocenters. The number of primary amides is 1. The molecule has 0 atom stereocenters. The Morgan fingerprint density at radius 1 is 2.00 bits per heavy atom. The molecule has 0 aliphatic carbocycles. The number of hydrogen-bond acceptors (Lipinski definition) is 2. The molecule has 0 bridgehead atoms. The van der Waals surface area contributed by atoms with Crippen LogP contribution in [0.15, 0.2) is 0 Å². The van der Waals surface area contributed by atoms with Gasteiger partial charge in [-0.05, 0) is 4.93 Å². The summed E-state index contributed by atoms with van der Waals surface area (Å²) < 4.78 is 5.71. The molecule has 0 saturated heterocycles. The zero-order valence-electron chi connectivity index (χ0n) is 3.85. The van der Waals surface area contributed by atoms with Crippen LogP contribution in [0.5, 0.6) is 0 Å². The maximum absolute atomic E-state index is 9.74. The van der Waals surface area contributed by atoms with Crippen molar-refractivity contribution in [1.29, 1.82) is 0 Å². The second-order valence-electron chi connectivity index (χ2n) is 0.744. The Bertz CT molecular complexity index is 90.9. The van der Waals surface area contributed by atoms with Gasteiger partial charge in [0, 0.05) is 0 Å². The van der Waals surface area contributed by atoms with Gasteiger partial charge in [0.15, 0.2) is 0 Å². The van der Waals surface area contributed by atoms with Gasteiger partial charge in [-0.25, -0.2) is 4.79 Å². The molecule has 1 amide bonds. The molecule has 3 nitrogen and oxygen atoms in total. The third-order valence-corrected chi connectivity index (χ3v) is 1.01. The first kappa shape index (κ1) is 6.87. The summed E-state index contributed by atoms with van der Waals surface area (Å²) in [5.74, 6) is 0. The van der Waals surface area contributed by atoms with Crippen LogP contribution in [-0.2, 0) is 4.74 Å². The fraction of sp³-hybridized carbons (Fsp3) is 0.333. The predicted octanol–water partition coefficient (Wildman–Crippen LogP) is 0.442. The van der Waals surface area contributed by atoms with Crippen LogP contribution < -0.4 is 5.73 Å². The molecule has 2 N–H and O–H groups in total. The summed E-state index contributed by atoms with van der Waals surface area (Å²) >= 11 is -0.0742. The van der Waals surface area contributed by atoms with E-state index in [9.17, 15) is 4.79 Å². The lowest BCUT2D eigenvalue weighted by atomic mass is 11.3. The van der Waals surface area contributed by atoms with Crippen LogP contribution in [-0.4, -0.2) is 15.2 Å². The Hall–Kier alpha value is -0.130. The number of alkyl halides is 1. The van der Waals surface area contributed by atoms with Crippen LogP contribution in [0, 0.1) is 0 Å². The van der Waals surface area contributed by atoms with Gasteiger partial charge in [0.2, 0.25) is 0 Å². The third-order valence-electron chi connectivity index (χ3n) is 0.250. The number of halogens is 1. The highest BCUT2D eigenvalue weighted by molar-refractivity contribution is 14.2. The molecule has 42 valence electrons. The van der Waals surface area contributed by atoms with Gasteiger partial charge < -0.3 is 10.5 Å². The van der Waals surface area contributed by atoms with Crippen molar-refractivity contribution in [2.75, 3.05) is 4.93 Å². The van der Waals surface area contributed by atoms with E-state index in [1.165, 1.54) is 4.20 Å². The number of carbonyl (C=O) groups is 1. The summed E-state index contributed by atoms with van der Waals surface area (Å²) in [5, 5.41) is 0. The topological polar surface area (TPSA) is 52.3 Å². The minimum atomic E-state index is -0.721. The summed E-state index contributed by atoms with van der Waals surface area (Å²) in [7, 11) is 0. The third kappa shape index (κ3) is 5.87. The zero-order valence-corrected chi connectivity index (χ0v) is 6.01. The molecule has 4 heteroatoms. The fourth-order valence-electron chi connectivity index (χ4n) is 0.0884. The largest absolute Gasteiger partial charge is 0.413 e. The summed E-state index contributed by atoms with van der Waals surface area (Å²) in [6.45, 7) is 0. The predicted molar refractivity (Wildman–Crippen MR) is 36.7 cm³/mol. The summed E-state index contributed by atoms with van der Waals surface area (Å²) in [4.78, 5) is 11.7. The monoisotopic (exact) mass is 215 g/mol. The molecule has 0 aromatic rings. The van der Waals surface area contributed by atoms with Crippen molar-refractivity contribution in [3.63, 3.8) is 0 Å². The van der Waals surface area contributed by atoms with Crippen molar-refractivity contribution in [1.82, 2.24) is 0 Å². The maximum Gasteiger partial charge on any atom is 0.409 e. The van der Waals surface area contributed by atoms with Gasteiger partial charge in [-0.3, -0.25) is 0 Å². The second-order valence-corrected chi connectivity index (χ2v) is 2.50. The molecule has 0 aliphatic heterocycles. The number of carbonyl (C=O) groups excluding carboxylic acids is 1. The lowest BCUT2D eigenvalue weighted by molar-refractivity contribution is 0.211. The zero-order chi connectivity index (χ0) is 5.70. The number of amides is 1. The molecule has 0 rings (SSSR count). The maximum atomic E-state index is 9.74. The number of nitrogens with two attached hydrogens (primary N) is 1. The minimum absolute atomic E-state index is 0.0742. The minimum Gasteiger partial charge on any atom is -0.413 e. The van der Waals surface area contributed by atoms with E-state index in [0.29, 0.717) is 0 Å². The normalized spacial score (nSPS) is 10.4. The van der Waals surface area contributed by atoms with Crippen LogP contribution in [0.4, 0.5) is 4.79 Å². The number of ether oxygens (including phenoxy) is 1. The summed E-state index contributed by atoms with van der Waals surface area (Å²) in [5.41, 5.74) is 4.60. The molecule has 0 fully saturated rings. The molecule has 0 aromatic carbocycles. The number of hydrogen-bond donors (Lipinski definition) is 1. The van der Waals surface area contributed by atoms with E-state index >= 15 is 0 Å². The van der Waals surface area contributed by atoms with E-state index in [0.717, 1.165) is 0 Å². The highest BCUT2D eigenvalue weighted by Crippen LogP contribution is 1.81. The van der Waals surface area contributed by atoms with E-state index in [1.807, 2.05) is 4.93 Å². The molecular weight excluding hydrogens is 209 g/mol. The van der Waals surface area contributed by atoms with Gasteiger partial charge in [-0.15, -0.1) is 0 Å². The molecule has 0 aliphatic rings. The van der Waals surface area contributed by atoms with Gasteiger partial charge >= 0.3 is 6.09 Å². The Kier molecular flexibility index (Phi) is 3.97. The lowest BCUT2D eigenvalue weighted by Crippen LogP contribution is -2.10. The van der Waals surface area contributed by atoms with Gasteiger partial charge in [0.25, 0.3) is 0 Å². The fourth-order valence-corrected chi connectivity index (χ4v) is 0.593. The highest BCUT2D eigenvalue weighted by atomic mass is 127. The Balaban J connectivity index is 3.14. The standard InChI is InChI=1S/C3H6INO2/c1-4-2-7-3(5)6/h2H,1H3,(H2,5,6). The Morgan fingerprint density at radius 2 is 2.57 bits per heavy atom. The van der Waals surface area contributed by atoms with E-state index in [2.05, 4.69) is 10.5 Å². The smallest absolute Gasteiger partial charge is 0.409 e. The first-order valence-electron chi connectivity index (χ1n) is 1.53. The van der Waals surface area contributed by atoms with Crippen molar-refractivity contribution >= 4 is 31.0 Å². The Labute approximate surface area is 51.6 Å². The second kappa shape index (κ2) is 4.04. The summed E-state index contributed by atoms with van der Waals surface area (Å²) in [6, 6.07) is 0. The van der Waals surface area contributed by atoms with Crippen LogP contribution >= 0.6 is 20.7 Å². The SMILES string of the molecule is CI=COC(N)=O. The lowest BCUT2D eigenvalue weighted by Gasteiger charge is -1.84. The molecule has 0 spiro atoms. The van der Waals surface area contributed by atoms with Crippen molar-refractivity contribution < 1.29 is 9.53 Å². The van der Waals surface area contributed by atoms with Crippen molar-refractivity contribution in [2.45, 2.75) is 0 Å². The molecule has 0 aromatic heterocycles. The van der Waals surface area contributed by atoms with E-state index in [4.69, 9.17) is 0 Å². The first-order valence-corrected chi connectivity index (χ1v) is 4.93. The number of rotatable bonds is 1. The first-order chi connectivity index (χ1) is 3.27. The molecule has 7 heavy (non-hydrogen) atoms. The Morgan fingerprint density at radius 3 is 2.71 bits per heavy atom. The van der Waals surface area contributed by atoms with Gasteiger partial charge in [0.1, 0.15) is 4.20 Å². The molecular formula is C3H6INO2. The van der Waals surface area contributed by atoms with Gasteiger partial charge in [-0.1, -0.05) is 20.7 Å². The van der Waals surface area contributed by atoms with Crippen LogP contribution in [0.2, 0.25) is 0 Å². The molecule has 0 radical (unpaired) electrons. The van der Waals surface area contributed by atoms with Crippen LogP contribution in [0.25, 0.3) is 0 Å². The quantitative estimate of drug-likeness (QED) is 0.509. The van der Waals surface area contributed by atoms with Crippen molar-refractivity contribution in [3.05, 3.63) is 0 Å². The van der Waals surface area contributed by atoms with Crippen LogP contribution in [0.3, 0.4) is 0 Å². The van der Waals surface area contributed by atoms with E-state index in [1.54, 1.807) is 0 Å². The van der Waals surface area contributed by atoms with Gasteiger partial charge in [-0.2, -0.15) is 0 Å². The van der Waals surface area contributed by atoms with Crippen molar-refractivity contribution in [3.8, 4) is 0 Å².